The van der Waals surface area contributed by atoms with E-state index >= 15 is 0 Å². The highest BCUT2D eigenvalue weighted by atomic mass is 16.1. The summed E-state index contributed by atoms with van der Waals surface area (Å²) in [7, 11) is 0. The zero-order valence-electron chi connectivity index (χ0n) is 9.81. The molecule has 4 heteroatoms. The van der Waals surface area contributed by atoms with Gasteiger partial charge in [0.25, 0.3) is 5.91 Å². The lowest BCUT2D eigenvalue weighted by Crippen LogP contribution is -2.36. The van der Waals surface area contributed by atoms with E-state index in [-0.39, 0.29) is 11.9 Å². The first-order chi connectivity index (χ1) is 8.20. The van der Waals surface area contributed by atoms with Crippen molar-refractivity contribution in [3.8, 4) is 6.07 Å². The quantitative estimate of drug-likeness (QED) is 0.841. The lowest BCUT2D eigenvalue weighted by atomic mass is 10.1. The Morgan fingerprint density at radius 1 is 1.53 bits per heavy atom. The van der Waals surface area contributed by atoms with Crippen LogP contribution in [0, 0.1) is 17.2 Å². The molecule has 1 saturated carbocycles. The second-order valence-electron chi connectivity index (χ2n) is 4.53. The number of nitrogens with zero attached hydrogens (tertiary/aromatic N) is 2. The van der Waals surface area contributed by atoms with Crippen molar-refractivity contribution in [2.45, 2.75) is 32.2 Å². The summed E-state index contributed by atoms with van der Waals surface area (Å²) in [5.74, 6) is 0.394. The number of pyridine rings is 1. The highest BCUT2D eigenvalue weighted by Crippen LogP contribution is 2.24. The van der Waals surface area contributed by atoms with E-state index in [0.717, 1.165) is 6.42 Å². The van der Waals surface area contributed by atoms with E-state index in [1.807, 2.05) is 6.07 Å². The van der Waals surface area contributed by atoms with Crippen molar-refractivity contribution in [1.29, 1.82) is 5.26 Å². The fraction of sp³-hybridized carbons (Fsp3) is 0.462. The van der Waals surface area contributed by atoms with Crippen molar-refractivity contribution in [2.75, 3.05) is 0 Å². The van der Waals surface area contributed by atoms with Gasteiger partial charge in [0.05, 0.1) is 5.56 Å². The maximum absolute atomic E-state index is 11.9. The molecular weight excluding hydrogens is 214 g/mol. The first-order valence-electron chi connectivity index (χ1n) is 5.87. The number of nitrogens with one attached hydrogen (secondary N) is 1. The fourth-order valence-electron chi connectivity index (χ4n) is 2.20. The number of carbonyl (C=O) groups excluding carboxylic acids is 1. The standard InChI is InChI=1S/C13H15N3O/c1-9-3-2-4-11(9)16-13(17)12-6-5-10(7-14)8-15-12/h5-6,8-9,11H,2-4H2,1H3,(H,16,17). The lowest BCUT2D eigenvalue weighted by molar-refractivity contribution is 0.0924. The van der Waals surface area contributed by atoms with E-state index in [2.05, 4.69) is 17.2 Å². The van der Waals surface area contributed by atoms with Crippen molar-refractivity contribution in [3.63, 3.8) is 0 Å². The summed E-state index contributed by atoms with van der Waals surface area (Å²) in [6.07, 6.45) is 4.81. The molecular formula is C13H15N3O. The number of hydrogen-bond donors (Lipinski definition) is 1. The normalized spacial score (nSPS) is 23.1. The third-order valence-electron chi connectivity index (χ3n) is 3.30. The molecule has 17 heavy (non-hydrogen) atoms. The summed E-state index contributed by atoms with van der Waals surface area (Å²) < 4.78 is 0. The van der Waals surface area contributed by atoms with Gasteiger partial charge in [-0.25, -0.2) is 4.98 Å². The van der Waals surface area contributed by atoms with Crippen molar-refractivity contribution >= 4 is 5.91 Å². The third kappa shape index (κ3) is 2.62. The van der Waals surface area contributed by atoms with Crippen LogP contribution in [0.15, 0.2) is 18.3 Å². The molecule has 1 amide bonds. The van der Waals surface area contributed by atoms with Crippen LogP contribution in [0.4, 0.5) is 0 Å². The Balaban J connectivity index is 2.02. The molecule has 2 atom stereocenters. The number of nitriles is 1. The molecule has 0 radical (unpaired) electrons. The van der Waals surface area contributed by atoms with Gasteiger partial charge in [0, 0.05) is 12.2 Å². The summed E-state index contributed by atoms with van der Waals surface area (Å²) in [5.41, 5.74) is 0.846. The molecule has 1 heterocycles. The van der Waals surface area contributed by atoms with Crippen molar-refractivity contribution in [3.05, 3.63) is 29.6 Å². The molecule has 0 bridgehead atoms. The topological polar surface area (TPSA) is 65.8 Å². The van der Waals surface area contributed by atoms with Crippen LogP contribution in [0.2, 0.25) is 0 Å². The highest BCUT2D eigenvalue weighted by molar-refractivity contribution is 5.92. The molecule has 1 aliphatic rings. The Kier molecular flexibility index (Phi) is 3.38. The van der Waals surface area contributed by atoms with Crippen LogP contribution in [0.3, 0.4) is 0 Å². The van der Waals surface area contributed by atoms with Gasteiger partial charge in [0.15, 0.2) is 0 Å². The van der Waals surface area contributed by atoms with E-state index < -0.39 is 0 Å². The zero-order chi connectivity index (χ0) is 12.3. The fourth-order valence-corrected chi connectivity index (χ4v) is 2.20. The van der Waals surface area contributed by atoms with Gasteiger partial charge in [0.2, 0.25) is 0 Å². The number of carbonyl (C=O) groups is 1. The summed E-state index contributed by atoms with van der Waals surface area (Å²) in [5, 5.41) is 11.6. The molecule has 1 N–H and O–H groups in total. The minimum absolute atomic E-state index is 0.145. The Labute approximate surface area is 101 Å². The Morgan fingerprint density at radius 3 is 2.88 bits per heavy atom. The summed E-state index contributed by atoms with van der Waals surface area (Å²) in [6.45, 7) is 2.16. The number of rotatable bonds is 2. The predicted octanol–water partition coefficient (Wildman–Crippen LogP) is 1.87. The monoisotopic (exact) mass is 229 g/mol. The first kappa shape index (κ1) is 11.6. The molecule has 4 nitrogen and oxygen atoms in total. The van der Waals surface area contributed by atoms with Crippen LogP contribution in [-0.2, 0) is 0 Å². The average Bonchev–Trinajstić information content (AvgIpc) is 2.75. The average molecular weight is 229 g/mol. The van der Waals surface area contributed by atoms with Crippen molar-refractivity contribution < 1.29 is 4.79 Å². The van der Waals surface area contributed by atoms with E-state index in [4.69, 9.17) is 5.26 Å². The molecule has 0 aliphatic heterocycles. The van der Waals surface area contributed by atoms with Gasteiger partial charge in [-0.15, -0.1) is 0 Å². The molecule has 2 unspecified atom stereocenters. The lowest BCUT2D eigenvalue weighted by Gasteiger charge is -2.16. The van der Waals surface area contributed by atoms with Gasteiger partial charge < -0.3 is 5.32 Å². The minimum Gasteiger partial charge on any atom is -0.348 e. The van der Waals surface area contributed by atoms with Gasteiger partial charge in [-0.3, -0.25) is 4.79 Å². The van der Waals surface area contributed by atoms with E-state index in [1.54, 1.807) is 12.1 Å². The first-order valence-corrected chi connectivity index (χ1v) is 5.87. The number of amides is 1. The van der Waals surface area contributed by atoms with Crippen LogP contribution >= 0.6 is 0 Å². The maximum Gasteiger partial charge on any atom is 0.270 e. The molecule has 0 spiro atoms. The molecule has 0 aromatic carbocycles. The maximum atomic E-state index is 11.9. The van der Waals surface area contributed by atoms with Crippen molar-refractivity contribution in [1.82, 2.24) is 10.3 Å². The summed E-state index contributed by atoms with van der Waals surface area (Å²) in [6, 6.07) is 5.44. The molecule has 1 aromatic rings. The van der Waals surface area contributed by atoms with Gasteiger partial charge in [-0.2, -0.15) is 5.26 Å². The van der Waals surface area contributed by atoms with Crippen LogP contribution in [0.5, 0.6) is 0 Å². The Hall–Kier alpha value is -1.89. The molecule has 1 aliphatic carbocycles. The Bertz CT molecular complexity index is 447. The summed E-state index contributed by atoms with van der Waals surface area (Å²) >= 11 is 0. The van der Waals surface area contributed by atoms with E-state index in [9.17, 15) is 4.79 Å². The molecule has 2 rings (SSSR count). The van der Waals surface area contributed by atoms with Crippen LogP contribution in [-0.4, -0.2) is 16.9 Å². The highest BCUT2D eigenvalue weighted by Gasteiger charge is 2.25. The largest absolute Gasteiger partial charge is 0.348 e. The van der Waals surface area contributed by atoms with Gasteiger partial charge in [-0.05, 0) is 30.9 Å². The van der Waals surface area contributed by atoms with Crippen LogP contribution in [0.1, 0.15) is 42.2 Å². The van der Waals surface area contributed by atoms with E-state index in [0.29, 0.717) is 17.2 Å². The van der Waals surface area contributed by atoms with Gasteiger partial charge in [0.1, 0.15) is 11.8 Å². The molecule has 1 fully saturated rings. The van der Waals surface area contributed by atoms with Crippen LogP contribution in [0.25, 0.3) is 0 Å². The number of hydrogen-bond acceptors (Lipinski definition) is 3. The molecule has 88 valence electrons. The molecule has 0 saturated heterocycles. The second kappa shape index (κ2) is 4.96. The van der Waals surface area contributed by atoms with Crippen LogP contribution < -0.4 is 5.32 Å². The predicted molar refractivity (Wildman–Crippen MR) is 63.2 cm³/mol. The third-order valence-corrected chi connectivity index (χ3v) is 3.30. The minimum atomic E-state index is -0.145. The van der Waals surface area contributed by atoms with E-state index in [1.165, 1.54) is 19.0 Å². The van der Waals surface area contributed by atoms with Crippen molar-refractivity contribution in [2.24, 2.45) is 5.92 Å². The van der Waals surface area contributed by atoms with Gasteiger partial charge >= 0.3 is 0 Å². The Morgan fingerprint density at radius 2 is 2.35 bits per heavy atom. The van der Waals surface area contributed by atoms with Gasteiger partial charge in [-0.1, -0.05) is 13.3 Å². The smallest absolute Gasteiger partial charge is 0.270 e. The SMILES string of the molecule is CC1CCCC1NC(=O)c1ccc(C#N)cn1. The number of aromatic nitrogens is 1. The zero-order valence-corrected chi connectivity index (χ0v) is 9.81. The summed E-state index contributed by atoms with van der Waals surface area (Å²) in [4.78, 5) is 15.9. The second-order valence-corrected chi connectivity index (χ2v) is 4.53. The molecule has 1 aromatic heterocycles.